The normalized spacial score (nSPS) is 13.3. The van der Waals surface area contributed by atoms with Gasteiger partial charge in [-0.1, -0.05) is 208 Å². The molecule has 0 saturated heterocycles. The molecule has 6 heteroatoms. The monoisotopic (exact) mass is 1110 g/mol. The van der Waals surface area contributed by atoms with E-state index in [0.717, 1.165) is 95.8 Å². The number of imidazole rings is 1. The quantitative estimate of drug-likeness (QED) is 0.121. The summed E-state index contributed by atoms with van der Waals surface area (Å²) in [5, 5.41) is 0. The highest BCUT2D eigenvalue weighted by Gasteiger charge is 2.37. The zero-order chi connectivity index (χ0) is 57.7. The van der Waals surface area contributed by atoms with Crippen LogP contribution in [0.15, 0.2) is 298 Å². The van der Waals surface area contributed by atoms with Gasteiger partial charge in [0.15, 0.2) is 0 Å². The van der Waals surface area contributed by atoms with Crippen LogP contribution >= 0.6 is 0 Å². The van der Waals surface area contributed by atoms with E-state index < -0.39 is 0 Å². The van der Waals surface area contributed by atoms with Crippen LogP contribution in [0, 0.1) is 0 Å². The molecule has 410 valence electrons. The fourth-order valence-corrected chi connectivity index (χ4v) is 14.0. The van der Waals surface area contributed by atoms with Crippen LogP contribution in [0.2, 0.25) is 0 Å². The first-order valence-electron chi connectivity index (χ1n) is 29.8. The second-order valence-corrected chi connectivity index (χ2v) is 23.9. The number of benzene rings is 10. The van der Waals surface area contributed by atoms with Crippen molar-refractivity contribution in [3.05, 3.63) is 320 Å². The van der Waals surface area contributed by atoms with E-state index in [4.69, 9.17) is 4.98 Å². The van der Waals surface area contributed by atoms with Crippen molar-refractivity contribution >= 4 is 39.8 Å². The van der Waals surface area contributed by atoms with Gasteiger partial charge in [-0.3, -0.25) is 4.40 Å². The number of rotatable bonds is 11. The zero-order valence-electron chi connectivity index (χ0n) is 48.5. The van der Waals surface area contributed by atoms with Gasteiger partial charge >= 0.3 is 0 Å². The molecule has 0 saturated carbocycles. The summed E-state index contributed by atoms with van der Waals surface area (Å²) < 4.78 is 6.60. The molecule has 16 rings (SSSR count). The standard InChI is InChI=1S/C80H61N6/c1-79(2)71-31-13-11-29-66(71)68-44-42-64(51-73(68)79)85(62-27-19-25-58(49-62)70-53-82-46-17-18-48-84(82)77(70)56-21-7-5-8-22-56)60-38-34-54(35-39-60)55-36-40-61(41-37-55)86(65-43-45-69-67-30-12-14-32-72(67)80(3,4)74(69)52-65)63-28-20-26-59(50-63)76-78(57-23-9-6-10-24-57)83-47-16-15-33-75(83)81-76/h5-53H,1-4H3/q+1. The fraction of sp³-hybridized carbons (Fsp3) is 0.0750. The number of pyridine rings is 1. The van der Waals surface area contributed by atoms with Crippen LogP contribution in [0.3, 0.4) is 0 Å². The Morgan fingerprint density at radius 2 is 0.779 bits per heavy atom. The summed E-state index contributed by atoms with van der Waals surface area (Å²) in [4.78, 5) is 10.1. The summed E-state index contributed by atoms with van der Waals surface area (Å²) in [5.41, 5.74) is 28.7. The highest BCUT2D eigenvalue weighted by atomic mass is 15.3. The topological polar surface area (TPSA) is 32.3 Å². The highest BCUT2D eigenvalue weighted by molar-refractivity contribution is 5.91. The summed E-state index contributed by atoms with van der Waals surface area (Å²) in [6.45, 7) is 9.43. The zero-order valence-corrected chi connectivity index (χ0v) is 48.5. The maximum Gasteiger partial charge on any atom is 0.210 e. The number of anilines is 6. The lowest BCUT2D eigenvalue weighted by Crippen LogP contribution is -2.26. The van der Waals surface area contributed by atoms with Gasteiger partial charge in [-0.25, -0.2) is 4.98 Å². The molecule has 0 radical (unpaired) electrons. The first-order valence-corrected chi connectivity index (χ1v) is 29.8. The average Bonchev–Trinajstić information content (AvgIpc) is 1.77. The number of hydrogen-bond donors (Lipinski definition) is 0. The Labute approximate surface area is 502 Å². The molecule has 2 aliphatic carbocycles. The number of aromatic nitrogens is 4. The van der Waals surface area contributed by atoms with Crippen LogP contribution in [0.4, 0.5) is 34.1 Å². The van der Waals surface area contributed by atoms with Gasteiger partial charge in [0.2, 0.25) is 12.4 Å². The van der Waals surface area contributed by atoms with E-state index >= 15 is 0 Å². The summed E-state index contributed by atoms with van der Waals surface area (Å²) >= 11 is 0. The molecule has 0 spiro atoms. The molecule has 10 aromatic carbocycles. The summed E-state index contributed by atoms with van der Waals surface area (Å²) in [7, 11) is 0. The number of fused-ring (bicyclic) bond motifs is 8. The third-order valence-electron chi connectivity index (χ3n) is 18.2. The van der Waals surface area contributed by atoms with Gasteiger partial charge in [0.05, 0.1) is 23.1 Å². The van der Waals surface area contributed by atoms with Crippen molar-refractivity contribution in [1.29, 1.82) is 0 Å². The number of hydrogen-bond acceptors (Lipinski definition) is 3. The van der Waals surface area contributed by atoms with E-state index in [0.29, 0.717) is 0 Å². The second kappa shape index (κ2) is 19.9. The molecule has 0 aliphatic heterocycles. The minimum absolute atomic E-state index is 0.164. The van der Waals surface area contributed by atoms with Gasteiger partial charge in [0, 0.05) is 73.9 Å². The van der Waals surface area contributed by atoms with Gasteiger partial charge in [0.1, 0.15) is 11.3 Å². The van der Waals surface area contributed by atoms with E-state index in [1.807, 2.05) is 0 Å². The van der Waals surface area contributed by atoms with Crippen LogP contribution in [-0.4, -0.2) is 13.9 Å². The lowest BCUT2D eigenvalue weighted by molar-refractivity contribution is -0.616. The molecule has 0 bridgehead atoms. The molecule has 14 aromatic rings. The molecule has 0 N–H and O–H groups in total. The predicted octanol–water partition coefficient (Wildman–Crippen LogP) is 20.1. The van der Waals surface area contributed by atoms with Gasteiger partial charge < -0.3 is 9.80 Å². The summed E-state index contributed by atoms with van der Waals surface area (Å²) in [6.07, 6.45) is 8.60. The number of nitrogens with zero attached hydrogens (tertiary/aromatic N) is 6. The van der Waals surface area contributed by atoms with Gasteiger partial charge in [0.25, 0.3) is 0 Å². The van der Waals surface area contributed by atoms with Crippen molar-refractivity contribution in [2.45, 2.75) is 38.5 Å². The molecular formula is C80H61N6+. The third kappa shape index (κ3) is 8.23. The first-order chi connectivity index (χ1) is 42.2. The predicted molar refractivity (Wildman–Crippen MR) is 353 cm³/mol. The van der Waals surface area contributed by atoms with Gasteiger partial charge in [-0.05, 0) is 152 Å². The maximum absolute atomic E-state index is 5.30. The van der Waals surface area contributed by atoms with E-state index in [1.54, 1.807) is 0 Å². The molecule has 0 atom stereocenters. The molecule has 4 heterocycles. The Hall–Kier alpha value is -10.8. The molecule has 4 aromatic heterocycles. The lowest BCUT2D eigenvalue weighted by Gasteiger charge is -2.29. The van der Waals surface area contributed by atoms with E-state index in [2.05, 4.69) is 349 Å². The molecule has 2 aliphatic rings. The van der Waals surface area contributed by atoms with Crippen LogP contribution < -0.4 is 14.3 Å². The summed E-state index contributed by atoms with van der Waals surface area (Å²) in [5.74, 6) is 0. The van der Waals surface area contributed by atoms with E-state index in [1.165, 1.54) is 44.5 Å². The molecule has 0 unspecified atom stereocenters. The van der Waals surface area contributed by atoms with Crippen LogP contribution in [0.5, 0.6) is 0 Å². The Morgan fingerprint density at radius 3 is 1.36 bits per heavy atom. The van der Waals surface area contributed by atoms with Crippen LogP contribution in [-0.2, 0) is 10.8 Å². The Balaban J connectivity index is 0.793. The molecular weight excluding hydrogens is 1040 g/mol. The third-order valence-corrected chi connectivity index (χ3v) is 18.2. The molecule has 86 heavy (non-hydrogen) atoms. The largest absolute Gasteiger partial charge is 0.310 e. The molecule has 6 nitrogen and oxygen atoms in total. The Kier molecular flexibility index (Phi) is 11.8. The Morgan fingerprint density at radius 1 is 0.326 bits per heavy atom. The minimum atomic E-state index is -0.170. The van der Waals surface area contributed by atoms with Crippen molar-refractivity contribution < 1.29 is 4.52 Å². The van der Waals surface area contributed by atoms with E-state index in [9.17, 15) is 0 Å². The van der Waals surface area contributed by atoms with Crippen molar-refractivity contribution in [2.75, 3.05) is 9.80 Å². The first kappa shape index (κ1) is 50.9. The second-order valence-electron chi connectivity index (χ2n) is 23.9. The maximum atomic E-state index is 5.30. The van der Waals surface area contributed by atoms with Gasteiger partial charge in [-0.2, -0.15) is 0 Å². The SMILES string of the molecule is CC1(C)c2ccccc2-c2ccc(N(c3ccc(-c4ccc(N(c5cccc(-c6nc7ccccn7c6-c6ccccc6)c5)c5ccc6c(c5)C(C)(C)c5ccccc5-6)cc4)cc3)c3cccc(-c4c[n+]5ccccn5c4-c4ccccc4)c3)cc21. The minimum Gasteiger partial charge on any atom is -0.310 e. The van der Waals surface area contributed by atoms with Gasteiger partial charge in [-0.15, -0.1) is 4.52 Å². The smallest absolute Gasteiger partial charge is 0.210 e. The molecule has 0 amide bonds. The van der Waals surface area contributed by atoms with Crippen molar-refractivity contribution in [3.63, 3.8) is 0 Å². The van der Waals surface area contributed by atoms with Crippen LogP contribution in [0.25, 0.3) is 83.9 Å². The fourth-order valence-electron chi connectivity index (χ4n) is 14.0. The van der Waals surface area contributed by atoms with Crippen LogP contribution in [0.1, 0.15) is 49.9 Å². The Bertz CT molecular complexity index is 4620. The lowest BCUT2D eigenvalue weighted by atomic mass is 9.82. The molecule has 0 fully saturated rings. The van der Waals surface area contributed by atoms with Crippen molar-refractivity contribution in [2.24, 2.45) is 0 Å². The van der Waals surface area contributed by atoms with Crippen molar-refractivity contribution in [1.82, 2.24) is 13.9 Å². The van der Waals surface area contributed by atoms with E-state index in [-0.39, 0.29) is 10.8 Å². The highest BCUT2D eigenvalue weighted by Crippen LogP contribution is 2.53. The average molecular weight is 1110 g/mol. The summed E-state index contributed by atoms with van der Waals surface area (Å²) in [6, 6.07) is 99.7. The van der Waals surface area contributed by atoms with Crippen molar-refractivity contribution in [3.8, 4) is 78.3 Å².